The van der Waals surface area contributed by atoms with Crippen molar-refractivity contribution in [3.05, 3.63) is 88.7 Å². The minimum absolute atomic E-state index is 0. The second-order valence-corrected chi connectivity index (χ2v) is 7.81. The summed E-state index contributed by atoms with van der Waals surface area (Å²) in [6, 6.07) is 16.4. The Bertz CT molecular complexity index is 988. The summed E-state index contributed by atoms with van der Waals surface area (Å²) in [5, 5.41) is 0. The number of hydrogen-bond donors (Lipinski definition) is 0. The van der Waals surface area contributed by atoms with E-state index in [-0.39, 0.29) is 24.8 Å². The second kappa shape index (κ2) is 14.2. The van der Waals surface area contributed by atoms with Crippen LogP contribution in [0.4, 0.5) is 11.4 Å². The molecule has 31 heavy (non-hydrogen) atoms. The summed E-state index contributed by atoms with van der Waals surface area (Å²) in [4.78, 5) is 13.2. The van der Waals surface area contributed by atoms with Crippen molar-refractivity contribution in [2.45, 2.75) is 41.5 Å². The number of halogens is 2. The molecule has 165 valence electrons. The predicted octanol–water partition coefficient (Wildman–Crippen LogP) is 0.747. The zero-order valence-corrected chi connectivity index (χ0v) is 21.3. The fraction of sp³-hybridized carbons (Fsp3) is 0.240. The molecule has 0 aliphatic carbocycles. The van der Waals surface area contributed by atoms with Gasteiger partial charge in [-0.3, -0.25) is 9.98 Å². The van der Waals surface area contributed by atoms with Gasteiger partial charge >= 0.3 is 81.4 Å². The third-order valence-electron chi connectivity index (χ3n) is 4.50. The van der Waals surface area contributed by atoms with E-state index < -0.39 is 0 Å². The van der Waals surface area contributed by atoms with Crippen molar-refractivity contribution in [3.8, 4) is 0 Å². The Kier molecular flexibility index (Phi) is 13.3. The Morgan fingerprint density at radius 2 is 1.16 bits per heavy atom. The normalized spacial score (nSPS) is 10.9. The van der Waals surface area contributed by atoms with Crippen LogP contribution in [-0.4, -0.2) is 15.3 Å². The standard InChI is InChI=1S/C15H16N2.C10H12N.2ClH.Fe/c1-11-6-4-7-12(2)15(11)17-13(3)14-8-5-9-16-10-14;1-4-11-10-8(2)6-5-7-9(10)3;;;/h4-10H,1-3H3;5-7H,1-3H3;2*1H;/q;;;;+2/p-2. The molecule has 0 bridgehead atoms. The van der Waals surface area contributed by atoms with E-state index in [1.54, 1.807) is 6.20 Å². The van der Waals surface area contributed by atoms with Gasteiger partial charge in [0.25, 0.3) is 0 Å². The van der Waals surface area contributed by atoms with Crippen LogP contribution < -0.4 is 24.8 Å². The molecule has 0 aliphatic heterocycles. The summed E-state index contributed by atoms with van der Waals surface area (Å²) in [5.41, 5.74) is 9.00. The van der Waals surface area contributed by atoms with E-state index in [4.69, 9.17) is 4.99 Å². The molecule has 0 N–H and O–H groups in total. The number of rotatable bonds is 3. The van der Waals surface area contributed by atoms with E-state index in [9.17, 15) is 0 Å². The molecule has 0 fully saturated rings. The summed E-state index contributed by atoms with van der Waals surface area (Å²) >= 11 is 3.77. The van der Waals surface area contributed by atoms with Crippen LogP contribution in [0, 0.1) is 27.7 Å². The molecule has 0 unspecified atom stereocenters. The maximum atomic E-state index is 4.70. The van der Waals surface area contributed by atoms with Crippen molar-refractivity contribution in [3.63, 3.8) is 0 Å². The number of aryl methyl sites for hydroxylation is 4. The third-order valence-corrected chi connectivity index (χ3v) is 4.62. The van der Waals surface area contributed by atoms with Gasteiger partial charge in [0.15, 0.2) is 0 Å². The molecule has 2 aromatic carbocycles. The topological polar surface area (TPSA) is 37.6 Å². The molecule has 3 rings (SSSR count). The number of aliphatic imine (C=N–C) groups is 2. The zero-order valence-electron chi connectivity index (χ0n) is 18.7. The summed E-state index contributed by atoms with van der Waals surface area (Å²) in [5.74, 6) is 0. The van der Waals surface area contributed by atoms with Crippen molar-refractivity contribution in [2.24, 2.45) is 9.98 Å². The fourth-order valence-corrected chi connectivity index (χ4v) is 3.05. The molecule has 0 saturated carbocycles. The van der Waals surface area contributed by atoms with E-state index in [1.165, 1.54) is 22.3 Å². The van der Waals surface area contributed by atoms with Gasteiger partial charge in [-0.15, -0.1) is 0 Å². The molecule has 3 nitrogen and oxygen atoms in total. The van der Waals surface area contributed by atoms with Crippen LogP contribution in [-0.2, 0) is 16.0 Å². The van der Waals surface area contributed by atoms with Crippen LogP contribution in [0.5, 0.6) is 0 Å². The Hall–Kier alpha value is -1.97. The summed E-state index contributed by atoms with van der Waals surface area (Å²) in [6.45, 7) is 12.2. The number of hydrogen-bond acceptors (Lipinski definition) is 3. The predicted molar refractivity (Wildman–Crippen MR) is 121 cm³/mol. The average Bonchev–Trinajstić information content (AvgIpc) is 2.69. The minimum Gasteiger partial charge on any atom is -1.00 e. The first kappa shape index (κ1) is 29.0. The second-order valence-electron chi connectivity index (χ2n) is 7.01. The summed E-state index contributed by atoms with van der Waals surface area (Å²) in [7, 11) is 0. The number of pyridine rings is 1. The maximum Gasteiger partial charge on any atom is -1.00 e. The molecular formula is C25H28Cl2FeN3. The number of aromatic nitrogens is 1. The van der Waals surface area contributed by atoms with Crippen LogP contribution in [0.3, 0.4) is 0 Å². The van der Waals surface area contributed by atoms with Crippen molar-refractivity contribution in [1.29, 1.82) is 0 Å². The Morgan fingerprint density at radius 3 is 1.55 bits per heavy atom. The fourth-order valence-electron chi connectivity index (χ4n) is 2.92. The number of nitrogens with zero attached hydrogens (tertiary/aromatic N) is 3. The first-order chi connectivity index (χ1) is 13.8. The molecule has 1 heterocycles. The summed E-state index contributed by atoms with van der Waals surface area (Å²) in [6.07, 6.45) is 3.61. The molecule has 0 radical (unpaired) electrons. The van der Waals surface area contributed by atoms with Gasteiger partial charge in [0, 0.05) is 23.7 Å². The van der Waals surface area contributed by atoms with Crippen LogP contribution in [0.1, 0.15) is 41.7 Å². The van der Waals surface area contributed by atoms with Crippen LogP contribution in [0.25, 0.3) is 0 Å². The number of benzene rings is 2. The van der Waals surface area contributed by atoms with Gasteiger partial charge in [0.2, 0.25) is 0 Å². The first-order valence-corrected chi connectivity index (χ1v) is 10.1. The Labute approximate surface area is 207 Å². The van der Waals surface area contributed by atoms with Crippen molar-refractivity contribution in [1.82, 2.24) is 4.98 Å². The third kappa shape index (κ3) is 8.96. The molecule has 0 atom stereocenters. The molecule has 0 amide bonds. The van der Waals surface area contributed by atoms with Gasteiger partial charge in [0.1, 0.15) is 0 Å². The van der Waals surface area contributed by atoms with Gasteiger partial charge < -0.3 is 24.8 Å². The van der Waals surface area contributed by atoms with E-state index >= 15 is 0 Å². The van der Waals surface area contributed by atoms with Crippen LogP contribution in [0.2, 0.25) is 0 Å². The van der Waals surface area contributed by atoms with E-state index in [1.807, 2.05) is 38.2 Å². The summed E-state index contributed by atoms with van der Waals surface area (Å²) < 4.78 is 0.854. The van der Waals surface area contributed by atoms with E-state index in [0.29, 0.717) is 0 Å². The first-order valence-electron chi connectivity index (χ1n) is 9.57. The van der Waals surface area contributed by atoms with E-state index in [0.717, 1.165) is 27.3 Å². The van der Waals surface area contributed by atoms with Gasteiger partial charge in [-0.2, -0.15) is 0 Å². The molecule has 0 aliphatic rings. The largest absolute Gasteiger partial charge is 1.00 e. The monoisotopic (exact) mass is 496 g/mol. The van der Waals surface area contributed by atoms with Crippen LogP contribution >= 0.6 is 0 Å². The molecule has 3 aromatic rings. The van der Waals surface area contributed by atoms with Crippen molar-refractivity contribution >= 4 is 21.7 Å². The zero-order chi connectivity index (χ0) is 21.4. The Morgan fingerprint density at radius 1 is 0.710 bits per heavy atom. The van der Waals surface area contributed by atoms with Crippen LogP contribution in [0.15, 0.2) is 70.9 Å². The smallest absolute Gasteiger partial charge is 1.00 e. The molecule has 0 spiro atoms. The van der Waals surface area contributed by atoms with E-state index in [2.05, 4.69) is 84.0 Å². The molecule has 6 heteroatoms. The van der Waals surface area contributed by atoms with Gasteiger partial charge in [-0.05, 0) is 38.0 Å². The average molecular weight is 497 g/mol. The van der Waals surface area contributed by atoms with Gasteiger partial charge in [0.05, 0.1) is 5.69 Å². The van der Waals surface area contributed by atoms with Gasteiger partial charge in [-0.25, -0.2) is 0 Å². The Balaban J connectivity index is 0.000000575. The van der Waals surface area contributed by atoms with Gasteiger partial charge in [-0.1, -0.05) is 24.3 Å². The quantitative estimate of drug-likeness (QED) is 0.389. The molecular weight excluding hydrogens is 469 g/mol. The van der Waals surface area contributed by atoms with Crippen molar-refractivity contribution in [2.75, 3.05) is 0 Å². The number of para-hydroxylation sites is 2. The molecule has 1 aromatic heterocycles. The van der Waals surface area contributed by atoms with Crippen molar-refractivity contribution < 1.29 is 40.8 Å². The maximum absolute atomic E-state index is 4.70. The minimum atomic E-state index is 0. The SMILES string of the molecule is CC(=Nc1c(C)cccc1C)c1cccnc1.C[C]([Fe+2])=Nc1c(C)cccc1C.[Cl-].[Cl-]. The molecule has 0 saturated heterocycles.